The lowest BCUT2D eigenvalue weighted by Crippen LogP contribution is -2.61. The molecule has 0 amide bonds. The van der Waals surface area contributed by atoms with Crippen LogP contribution in [0.3, 0.4) is 0 Å². The van der Waals surface area contributed by atoms with Crippen molar-refractivity contribution >= 4 is 5.97 Å². The van der Waals surface area contributed by atoms with E-state index in [0.717, 1.165) is 32.1 Å². The molecule has 0 aromatic heterocycles. The number of hydrogen-bond acceptors (Lipinski definition) is 2. The smallest absolute Gasteiger partial charge is 0.312 e. The molecule has 0 N–H and O–H groups in total. The molecule has 1 unspecified atom stereocenters. The van der Waals surface area contributed by atoms with Crippen LogP contribution in [0.15, 0.2) is 35.5 Å². The predicted molar refractivity (Wildman–Crippen MR) is 136 cm³/mol. The molecule has 5 aliphatic rings. The molecule has 5 aliphatic carbocycles. The summed E-state index contributed by atoms with van der Waals surface area (Å²) in [6, 6.07) is 0. The van der Waals surface area contributed by atoms with Gasteiger partial charge in [0.2, 0.25) is 0 Å². The van der Waals surface area contributed by atoms with Crippen LogP contribution in [0.25, 0.3) is 0 Å². The maximum absolute atomic E-state index is 13.3. The van der Waals surface area contributed by atoms with E-state index in [-0.39, 0.29) is 27.6 Å². The van der Waals surface area contributed by atoms with Crippen molar-refractivity contribution in [3.63, 3.8) is 0 Å². The highest BCUT2D eigenvalue weighted by Crippen LogP contribution is 2.75. The van der Waals surface area contributed by atoms with Crippen LogP contribution in [0, 0.1) is 44.8 Å². The number of esters is 1. The minimum absolute atomic E-state index is 0.0555. The Balaban J connectivity index is 1.59. The Bertz CT molecular complexity index is 952. The van der Waals surface area contributed by atoms with Crippen LogP contribution >= 0.6 is 0 Å². The lowest BCUT2D eigenvalue weighted by atomic mass is 9.36. The first-order valence-corrected chi connectivity index (χ1v) is 13.5. The SMILES string of the molecule is C=C(C)C1=CC[C@@]2(C)C1CC[C@]1(C)[C@@H]2CC=C2[C@@H]3CC(C)(C)CC[C@]3(C(=O)OC)CC[C@]21C. The zero-order valence-corrected chi connectivity index (χ0v) is 22.3. The van der Waals surface area contributed by atoms with Gasteiger partial charge in [-0.15, -0.1) is 0 Å². The molecular weight excluding hydrogens is 404 g/mol. The third-order valence-electron chi connectivity index (χ3n) is 12.1. The molecule has 2 heteroatoms. The van der Waals surface area contributed by atoms with E-state index in [9.17, 15) is 4.79 Å². The Hall–Kier alpha value is -1.31. The van der Waals surface area contributed by atoms with E-state index in [0.29, 0.717) is 23.2 Å². The summed E-state index contributed by atoms with van der Waals surface area (Å²) in [6.45, 7) is 19.1. The van der Waals surface area contributed by atoms with Gasteiger partial charge < -0.3 is 4.74 Å². The fourth-order valence-corrected chi connectivity index (χ4v) is 9.92. The summed E-state index contributed by atoms with van der Waals surface area (Å²) >= 11 is 0. The van der Waals surface area contributed by atoms with Crippen molar-refractivity contribution in [2.45, 2.75) is 99.3 Å². The van der Waals surface area contributed by atoms with E-state index in [1.165, 1.54) is 31.3 Å². The highest BCUT2D eigenvalue weighted by Gasteiger charge is 2.68. The number of rotatable bonds is 2. The van der Waals surface area contributed by atoms with Gasteiger partial charge in [0.15, 0.2) is 0 Å². The molecule has 182 valence electrons. The first-order valence-electron chi connectivity index (χ1n) is 13.5. The van der Waals surface area contributed by atoms with Crippen LogP contribution in [-0.2, 0) is 9.53 Å². The minimum atomic E-state index is -0.304. The maximum Gasteiger partial charge on any atom is 0.312 e. The molecular formula is C31H46O2. The molecule has 0 aromatic rings. The largest absolute Gasteiger partial charge is 0.469 e. The molecule has 7 atom stereocenters. The van der Waals surface area contributed by atoms with E-state index in [1.807, 2.05) is 0 Å². The van der Waals surface area contributed by atoms with E-state index in [2.05, 4.69) is 60.3 Å². The van der Waals surface area contributed by atoms with Gasteiger partial charge in [-0.25, -0.2) is 0 Å². The normalized spacial score (nSPS) is 47.8. The zero-order chi connectivity index (χ0) is 24.0. The molecule has 0 heterocycles. The first-order chi connectivity index (χ1) is 15.3. The molecule has 0 aromatic carbocycles. The van der Waals surface area contributed by atoms with E-state index >= 15 is 0 Å². The monoisotopic (exact) mass is 450 g/mol. The molecule has 0 spiro atoms. The van der Waals surface area contributed by atoms with Crippen molar-refractivity contribution in [3.05, 3.63) is 35.5 Å². The number of carbonyl (C=O) groups excluding carboxylic acids is 1. The van der Waals surface area contributed by atoms with Crippen molar-refractivity contribution in [2.24, 2.45) is 44.8 Å². The third-order valence-corrected chi connectivity index (χ3v) is 12.1. The third kappa shape index (κ3) is 2.88. The maximum atomic E-state index is 13.3. The molecule has 0 bridgehead atoms. The Morgan fingerprint density at radius 3 is 2.36 bits per heavy atom. The summed E-state index contributed by atoms with van der Waals surface area (Å²) in [6.07, 6.45) is 15.4. The van der Waals surface area contributed by atoms with Gasteiger partial charge in [-0.3, -0.25) is 4.79 Å². The lowest BCUT2D eigenvalue weighted by Gasteiger charge is -2.68. The summed E-state index contributed by atoms with van der Waals surface area (Å²) < 4.78 is 5.49. The average Bonchev–Trinajstić information content (AvgIpc) is 3.10. The van der Waals surface area contributed by atoms with Gasteiger partial charge in [0, 0.05) is 0 Å². The average molecular weight is 451 g/mol. The Morgan fingerprint density at radius 2 is 1.70 bits per heavy atom. The molecule has 3 fully saturated rings. The topological polar surface area (TPSA) is 26.3 Å². The van der Waals surface area contributed by atoms with E-state index in [1.54, 1.807) is 18.3 Å². The molecule has 2 nitrogen and oxygen atoms in total. The van der Waals surface area contributed by atoms with Crippen LogP contribution in [0.5, 0.6) is 0 Å². The quantitative estimate of drug-likeness (QED) is 0.314. The van der Waals surface area contributed by atoms with Crippen molar-refractivity contribution in [3.8, 4) is 0 Å². The summed E-state index contributed by atoms with van der Waals surface area (Å²) in [5.74, 6) is 1.74. The molecule has 0 aliphatic heterocycles. The van der Waals surface area contributed by atoms with Crippen LogP contribution in [0.2, 0.25) is 0 Å². The molecule has 5 rings (SSSR count). The number of hydrogen-bond donors (Lipinski definition) is 0. The van der Waals surface area contributed by atoms with Crippen LogP contribution in [0.4, 0.5) is 0 Å². The fraction of sp³-hybridized carbons (Fsp3) is 0.774. The highest BCUT2D eigenvalue weighted by molar-refractivity contribution is 5.78. The number of methoxy groups -OCH3 is 1. The Kier molecular flexibility index (Phi) is 5.05. The zero-order valence-electron chi connectivity index (χ0n) is 22.3. The van der Waals surface area contributed by atoms with Crippen molar-refractivity contribution in [2.75, 3.05) is 7.11 Å². The van der Waals surface area contributed by atoms with Gasteiger partial charge in [-0.2, -0.15) is 0 Å². The number of ether oxygens (including phenoxy) is 1. The lowest BCUT2D eigenvalue weighted by molar-refractivity contribution is -0.173. The highest BCUT2D eigenvalue weighted by atomic mass is 16.5. The number of carbonyl (C=O) groups is 1. The standard InChI is InChI=1S/C31H46O2/c1-20(2)21-11-13-28(5)22(21)12-14-30(7)25(28)10-9-23-24-19-27(3,4)15-17-31(24,26(32)33-8)18-16-29(23,30)6/h9,11,22,24-25H,1,10,12-19H2,2-8H3/t22?,24-,25+,28-,29+,30+,31-/m0/s1. The van der Waals surface area contributed by atoms with Crippen LogP contribution < -0.4 is 0 Å². The Morgan fingerprint density at radius 1 is 1.00 bits per heavy atom. The summed E-state index contributed by atoms with van der Waals surface area (Å²) in [5.41, 5.74) is 5.21. The predicted octanol–water partition coefficient (Wildman–Crippen LogP) is 8.05. The first kappa shape index (κ1) is 23.4. The van der Waals surface area contributed by atoms with Crippen molar-refractivity contribution < 1.29 is 9.53 Å². The van der Waals surface area contributed by atoms with E-state index < -0.39 is 0 Å². The molecule has 33 heavy (non-hydrogen) atoms. The van der Waals surface area contributed by atoms with Gasteiger partial charge in [-0.1, -0.05) is 64.5 Å². The molecule has 0 radical (unpaired) electrons. The van der Waals surface area contributed by atoms with Crippen LogP contribution in [0.1, 0.15) is 99.3 Å². The van der Waals surface area contributed by atoms with Gasteiger partial charge in [0.25, 0.3) is 0 Å². The summed E-state index contributed by atoms with van der Waals surface area (Å²) in [7, 11) is 1.60. The summed E-state index contributed by atoms with van der Waals surface area (Å²) in [5, 5.41) is 0. The minimum Gasteiger partial charge on any atom is -0.469 e. The molecule has 3 saturated carbocycles. The van der Waals surface area contributed by atoms with Gasteiger partial charge in [-0.05, 0) is 110 Å². The van der Waals surface area contributed by atoms with Crippen molar-refractivity contribution in [1.82, 2.24) is 0 Å². The second-order valence-corrected chi connectivity index (χ2v) is 14.0. The molecule has 0 saturated heterocycles. The second-order valence-electron chi connectivity index (χ2n) is 14.0. The Labute approximate surface area is 202 Å². The van der Waals surface area contributed by atoms with Crippen molar-refractivity contribution in [1.29, 1.82) is 0 Å². The van der Waals surface area contributed by atoms with Crippen LogP contribution in [-0.4, -0.2) is 13.1 Å². The second kappa shape index (κ2) is 7.11. The fourth-order valence-electron chi connectivity index (χ4n) is 9.92. The van der Waals surface area contributed by atoms with Gasteiger partial charge in [0.1, 0.15) is 0 Å². The van der Waals surface area contributed by atoms with Gasteiger partial charge in [0.05, 0.1) is 12.5 Å². The van der Waals surface area contributed by atoms with Gasteiger partial charge >= 0.3 is 5.97 Å². The number of allylic oxidation sites excluding steroid dienone is 5. The number of fused-ring (bicyclic) bond motifs is 7. The summed E-state index contributed by atoms with van der Waals surface area (Å²) in [4.78, 5) is 13.3. The van der Waals surface area contributed by atoms with E-state index in [4.69, 9.17) is 4.74 Å².